The molecule has 3 aromatic rings. The Balaban J connectivity index is 1.80. The average Bonchev–Trinajstić information content (AvgIpc) is 3.24. The van der Waals surface area contributed by atoms with E-state index in [1.165, 1.54) is 0 Å². The lowest BCUT2D eigenvalue weighted by Gasteiger charge is -2.25. The van der Waals surface area contributed by atoms with Gasteiger partial charge in [0.15, 0.2) is 11.5 Å². The zero-order chi connectivity index (χ0) is 20.2. The lowest BCUT2D eigenvalue weighted by atomic mass is 9.97. The summed E-state index contributed by atoms with van der Waals surface area (Å²) in [6.45, 7) is 0. The molecule has 3 aromatic carbocycles. The molecule has 1 atom stereocenters. The van der Waals surface area contributed by atoms with Crippen LogP contribution in [0.15, 0.2) is 77.9 Å². The van der Waals surface area contributed by atoms with Gasteiger partial charge in [0.05, 0.1) is 38.8 Å². The van der Waals surface area contributed by atoms with Gasteiger partial charge in [-0.1, -0.05) is 48.5 Å². The normalized spacial score (nSPS) is 15.8. The number of nitrogens with zero attached hydrogens (tertiary/aromatic N) is 2. The summed E-state index contributed by atoms with van der Waals surface area (Å²) in [4.78, 5) is 0. The van der Waals surface area contributed by atoms with Crippen LogP contribution in [-0.2, 0) is 0 Å². The van der Waals surface area contributed by atoms with Crippen molar-refractivity contribution in [3.8, 4) is 17.2 Å². The highest BCUT2D eigenvalue weighted by Crippen LogP contribution is 2.44. The van der Waals surface area contributed by atoms with E-state index in [0.29, 0.717) is 17.2 Å². The highest BCUT2D eigenvalue weighted by molar-refractivity contribution is 6.03. The third kappa shape index (κ3) is 3.63. The molecule has 5 heteroatoms. The van der Waals surface area contributed by atoms with Crippen LogP contribution in [0.4, 0.5) is 5.69 Å². The molecule has 1 heterocycles. The number of benzene rings is 3. The van der Waals surface area contributed by atoms with Crippen LogP contribution in [0.3, 0.4) is 0 Å². The highest BCUT2D eigenvalue weighted by atomic mass is 16.5. The lowest BCUT2D eigenvalue weighted by molar-refractivity contribution is 0.323. The second-order valence-corrected chi connectivity index (χ2v) is 6.77. The summed E-state index contributed by atoms with van der Waals surface area (Å²) in [7, 11) is 4.88. The predicted molar refractivity (Wildman–Crippen MR) is 115 cm³/mol. The molecule has 0 amide bonds. The zero-order valence-electron chi connectivity index (χ0n) is 16.8. The van der Waals surface area contributed by atoms with Gasteiger partial charge in [-0.2, -0.15) is 5.10 Å². The Hall–Kier alpha value is -3.47. The number of anilines is 1. The number of hydrazone groups is 1. The van der Waals surface area contributed by atoms with E-state index in [-0.39, 0.29) is 6.04 Å². The van der Waals surface area contributed by atoms with Crippen molar-refractivity contribution in [2.45, 2.75) is 12.5 Å². The second-order valence-electron chi connectivity index (χ2n) is 6.77. The standard InChI is InChI=1S/C24H24N2O3/c1-27-22-14-18(15-23(28-2)24(22)29-3)21-16-20(17-10-6-4-7-11-17)25-26(21)19-12-8-5-9-13-19/h4-15,21H,16H2,1-3H3/t21-/m0/s1. The molecule has 1 aliphatic heterocycles. The largest absolute Gasteiger partial charge is 0.493 e. The van der Waals surface area contributed by atoms with Crippen LogP contribution in [-0.4, -0.2) is 27.0 Å². The van der Waals surface area contributed by atoms with Crippen molar-refractivity contribution in [2.75, 3.05) is 26.3 Å². The average molecular weight is 388 g/mol. The van der Waals surface area contributed by atoms with Crippen molar-refractivity contribution in [3.63, 3.8) is 0 Å². The van der Waals surface area contributed by atoms with Gasteiger partial charge in [0, 0.05) is 6.42 Å². The Kier molecular flexibility index (Phi) is 5.38. The smallest absolute Gasteiger partial charge is 0.203 e. The summed E-state index contributed by atoms with van der Waals surface area (Å²) in [5.41, 5.74) is 4.27. The number of rotatable bonds is 6. The molecular formula is C24H24N2O3. The molecule has 0 saturated carbocycles. The third-order valence-electron chi connectivity index (χ3n) is 5.11. The molecular weight excluding hydrogens is 364 g/mol. The zero-order valence-corrected chi connectivity index (χ0v) is 16.8. The van der Waals surface area contributed by atoms with Gasteiger partial charge in [-0.25, -0.2) is 0 Å². The van der Waals surface area contributed by atoms with E-state index >= 15 is 0 Å². The quantitative estimate of drug-likeness (QED) is 0.591. The minimum Gasteiger partial charge on any atom is -0.493 e. The molecule has 4 rings (SSSR count). The first-order valence-corrected chi connectivity index (χ1v) is 9.52. The number of hydrogen-bond acceptors (Lipinski definition) is 5. The van der Waals surface area contributed by atoms with Gasteiger partial charge in [-0.3, -0.25) is 5.01 Å². The summed E-state index contributed by atoms with van der Waals surface area (Å²) >= 11 is 0. The fourth-order valence-corrected chi connectivity index (χ4v) is 3.69. The van der Waals surface area contributed by atoms with Crippen LogP contribution in [0.1, 0.15) is 23.6 Å². The fraction of sp³-hybridized carbons (Fsp3) is 0.208. The monoisotopic (exact) mass is 388 g/mol. The molecule has 5 nitrogen and oxygen atoms in total. The number of methoxy groups -OCH3 is 3. The molecule has 148 valence electrons. The Morgan fingerprint density at radius 2 is 1.38 bits per heavy atom. The van der Waals surface area contributed by atoms with Gasteiger partial charge in [-0.15, -0.1) is 0 Å². The molecule has 0 bridgehead atoms. The van der Waals surface area contributed by atoms with Crippen molar-refractivity contribution < 1.29 is 14.2 Å². The lowest BCUT2D eigenvalue weighted by Crippen LogP contribution is -2.18. The maximum atomic E-state index is 5.57. The van der Waals surface area contributed by atoms with Crippen LogP contribution >= 0.6 is 0 Å². The number of hydrogen-bond donors (Lipinski definition) is 0. The summed E-state index contributed by atoms with van der Waals surface area (Å²) < 4.78 is 16.6. The summed E-state index contributed by atoms with van der Waals surface area (Å²) in [5.74, 6) is 1.87. The van der Waals surface area contributed by atoms with Gasteiger partial charge in [-0.05, 0) is 35.4 Å². The van der Waals surface area contributed by atoms with E-state index in [4.69, 9.17) is 19.3 Å². The Morgan fingerprint density at radius 3 is 1.93 bits per heavy atom. The number of para-hydroxylation sites is 1. The van der Waals surface area contributed by atoms with Crippen LogP contribution in [0.2, 0.25) is 0 Å². The van der Waals surface area contributed by atoms with Crippen LogP contribution in [0.25, 0.3) is 0 Å². The maximum Gasteiger partial charge on any atom is 0.203 e. The van der Waals surface area contributed by atoms with Crippen molar-refractivity contribution in [2.24, 2.45) is 5.10 Å². The maximum absolute atomic E-state index is 5.57. The first kappa shape index (κ1) is 18.9. The van der Waals surface area contributed by atoms with Crippen molar-refractivity contribution in [1.29, 1.82) is 0 Å². The minimum absolute atomic E-state index is 0.0151. The summed E-state index contributed by atoms with van der Waals surface area (Å²) in [6.07, 6.45) is 0.775. The first-order chi connectivity index (χ1) is 14.2. The van der Waals surface area contributed by atoms with E-state index in [9.17, 15) is 0 Å². The molecule has 0 aliphatic carbocycles. The van der Waals surface area contributed by atoms with Gasteiger partial charge < -0.3 is 14.2 Å². The molecule has 29 heavy (non-hydrogen) atoms. The Morgan fingerprint density at radius 1 is 0.793 bits per heavy atom. The molecule has 0 fully saturated rings. The molecule has 0 aromatic heterocycles. The molecule has 0 N–H and O–H groups in total. The van der Waals surface area contributed by atoms with Crippen LogP contribution in [0.5, 0.6) is 17.2 Å². The SMILES string of the molecule is COc1cc([C@@H]2CC(c3ccccc3)=NN2c2ccccc2)cc(OC)c1OC. The van der Waals surface area contributed by atoms with Crippen molar-refractivity contribution in [3.05, 3.63) is 83.9 Å². The van der Waals surface area contributed by atoms with Crippen molar-refractivity contribution >= 4 is 11.4 Å². The topological polar surface area (TPSA) is 43.3 Å². The van der Waals surface area contributed by atoms with E-state index in [0.717, 1.165) is 28.9 Å². The first-order valence-electron chi connectivity index (χ1n) is 9.52. The van der Waals surface area contributed by atoms with E-state index < -0.39 is 0 Å². The fourth-order valence-electron chi connectivity index (χ4n) is 3.69. The summed E-state index contributed by atoms with van der Waals surface area (Å²) in [5, 5.41) is 7.05. The van der Waals surface area contributed by atoms with Gasteiger partial charge in [0.25, 0.3) is 0 Å². The van der Waals surface area contributed by atoms with E-state index in [2.05, 4.69) is 29.3 Å². The van der Waals surface area contributed by atoms with Gasteiger partial charge in [0.1, 0.15) is 0 Å². The molecule has 0 saturated heterocycles. The molecule has 0 spiro atoms. The van der Waals surface area contributed by atoms with E-state index in [1.54, 1.807) is 21.3 Å². The predicted octanol–water partition coefficient (Wildman–Crippen LogP) is 5.07. The number of ether oxygens (including phenoxy) is 3. The van der Waals surface area contributed by atoms with Crippen LogP contribution in [0, 0.1) is 0 Å². The second kappa shape index (κ2) is 8.27. The van der Waals surface area contributed by atoms with Gasteiger partial charge >= 0.3 is 0 Å². The van der Waals surface area contributed by atoms with Crippen molar-refractivity contribution in [1.82, 2.24) is 0 Å². The molecule has 0 unspecified atom stereocenters. The highest BCUT2D eigenvalue weighted by Gasteiger charge is 2.31. The molecule has 0 radical (unpaired) electrons. The third-order valence-corrected chi connectivity index (χ3v) is 5.11. The Labute approximate surface area is 171 Å². The van der Waals surface area contributed by atoms with Crippen LogP contribution < -0.4 is 19.2 Å². The summed E-state index contributed by atoms with van der Waals surface area (Å²) in [6, 6.07) is 24.5. The van der Waals surface area contributed by atoms with Gasteiger partial charge in [0.2, 0.25) is 5.75 Å². The molecule has 1 aliphatic rings. The minimum atomic E-state index is 0.0151. The van der Waals surface area contributed by atoms with E-state index in [1.807, 2.05) is 48.5 Å². The Bertz CT molecular complexity index is 978.